The van der Waals surface area contributed by atoms with Crippen LogP contribution in [-0.4, -0.2) is 229 Å². The predicted octanol–water partition coefficient (Wildman–Crippen LogP) is 3.10. The van der Waals surface area contributed by atoms with Gasteiger partial charge in [0, 0.05) is 115 Å². The number of unbranched alkanes of at least 4 members (excludes halogenated alkanes) is 1. The Bertz CT molecular complexity index is 4970. The standard InChI is InChI=1S/C87H106N12O22S2/c1-44(2)73-86(116)96-61(85(115)98-74(46(4)100)79(89)109)43-123-122-42-60(84(114)93-58(35-49-27-29-51(101)30-28-49)82(112)94-59(36-50-40-90-55-22-11-10-20-52(50)55)83(113)92-56(80(110)97-73)23-12-13-31-88)95-81(111)57(34-48-18-8-7-9-19-48)91-66(103)25-17-26-67(104)119-41-65(102)87(117)38-54-70(64(39-87)121-68-37-62(45(3)47(5)120-68)99-32-14-15-33-99)78(108)72-71(76(54)106)75(105)53-21-16-24-63(118-6)69(53)77(72)107/h7-11,14,16,18-22,24,27-30,32,40,44-47,56-62,64,68,73-74,90,100-101,106,108,117H,12-13,15,17,23,25-26,31,33-39,41-43,88H2,1-6H3,(H2,89,109)(H,91,103)(H,92,113)(H,93,114)(H,94,112)(H,95,111)(H,96,116)(H,97,110)(H,98,115)/t45-,46-,47+,56+,57-,58+,59-,60+,61+,62+,64+,68+,73+,74+,87+/m1/s1. The Morgan fingerprint density at radius 3 is 2.10 bits per heavy atom. The number of esters is 1. The normalized spacial score (nSPS) is 24.2. The van der Waals surface area contributed by atoms with Gasteiger partial charge < -0.3 is 108 Å². The van der Waals surface area contributed by atoms with Crippen molar-refractivity contribution in [2.24, 2.45) is 23.3 Å². The second-order valence-corrected chi connectivity index (χ2v) is 34.5. The number of fused-ring (bicyclic) bond motifs is 4. The number of nitrogens with one attached hydrogen (secondary N) is 9. The van der Waals surface area contributed by atoms with E-state index in [9.17, 15) is 68.7 Å². The third-order valence-corrected chi connectivity index (χ3v) is 25.3. The van der Waals surface area contributed by atoms with E-state index in [2.05, 4.69) is 52.4 Å². The molecule has 0 saturated carbocycles. The third kappa shape index (κ3) is 22.5. The Balaban J connectivity index is 0.837. The van der Waals surface area contributed by atoms with Crippen LogP contribution >= 0.6 is 21.6 Å². The summed E-state index contributed by atoms with van der Waals surface area (Å²) in [4.78, 5) is 194. The summed E-state index contributed by atoms with van der Waals surface area (Å²) in [5.74, 6) is -15.3. The van der Waals surface area contributed by atoms with Crippen molar-refractivity contribution in [3.05, 3.63) is 166 Å². The molecular formula is C87H106N12O22S2. The molecule has 3 aliphatic heterocycles. The van der Waals surface area contributed by atoms with Gasteiger partial charge in [-0.25, -0.2) is 0 Å². The molecule has 0 radical (unpaired) electrons. The number of benzene rings is 5. The SMILES string of the molecule is COc1cccc2c1C(=O)c1c(O)c3c(c(O)c1C2=O)C[C@@](O)(C(=O)COC(=O)CCCC(=O)N[C@H](Cc1ccccc1)C(=O)N[C@H]1CSSC[C@@H](C(=O)N[C@H](C(N)=O)[C@@H](C)O)NC(=O)[C@H](C(C)C)NC(=O)[C@H](CCCCN)NC(=O)[C@@H](Cc2c[nH]c4ccccc24)NC(=O)[C@H](Cc2ccc(O)cc2)NC1=O)C[C@@H]3O[C@H]1C[C@H](N2C=CCC2)[C@H](C)[C@H](C)O1. The fourth-order valence-electron chi connectivity index (χ4n) is 15.9. The van der Waals surface area contributed by atoms with Crippen molar-refractivity contribution in [2.45, 2.75) is 203 Å². The summed E-state index contributed by atoms with van der Waals surface area (Å²) in [6, 6.07) is 13.2. The molecule has 0 spiro atoms. The molecule has 4 heterocycles. The Kier molecular flexibility index (Phi) is 31.3. The number of carbonyl (C=O) groups is 13. The van der Waals surface area contributed by atoms with Gasteiger partial charge in [0.15, 0.2) is 18.7 Å². The van der Waals surface area contributed by atoms with E-state index < -0.39 is 222 Å². The maximum absolute atomic E-state index is 15.4. The Morgan fingerprint density at radius 2 is 1.41 bits per heavy atom. The molecule has 1 aromatic heterocycles. The van der Waals surface area contributed by atoms with Crippen LogP contribution in [0.25, 0.3) is 10.9 Å². The summed E-state index contributed by atoms with van der Waals surface area (Å²) < 4.78 is 23.9. The number of aliphatic hydroxyl groups excluding tert-OH is 1. The van der Waals surface area contributed by atoms with Gasteiger partial charge in [-0.1, -0.05) is 121 Å². The lowest BCUT2D eigenvalue weighted by Crippen LogP contribution is -2.62. The van der Waals surface area contributed by atoms with Crippen molar-refractivity contribution in [1.82, 2.24) is 52.4 Å². The van der Waals surface area contributed by atoms with Gasteiger partial charge in [-0.2, -0.15) is 0 Å². The topological polar surface area (TPSA) is 527 Å². The Labute approximate surface area is 717 Å². The number of aromatic amines is 1. The fourth-order valence-corrected chi connectivity index (χ4v) is 18.3. The molecule has 11 rings (SSSR count). The minimum absolute atomic E-state index is 0.000223. The number of nitrogens with zero attached hydrogens (tertiary/aromatic N) is 1. The van der Waals surface area contributed by atoms with Crippen LogP contribution in [0.3, 0.4) is 0 Å². The molecule has 18 N–H and O–H groups in total. The molecule has 0 bridgehead atoms. The molecule has 9 amide bonds. The van der Waals surface area contributed by atoms with Gasteiger partial charge in [0.1, 0.15) is 76.9 Å². The minimum atomic E-state index is -2.54. The quantitative estimate of drug-likeness (QED) is 0.0139. The number of primary amides is 1. The zero-order valence-corrected chi connectivity index (χ0v) is 70.6. The predicted molar refractivity (Wildman–Crippen MR) is 452 cm³/mol. The highest BCUT2D eigenvalue weighted by atomic mass is 33.1. The van der Waals surface area contributed by atoms with Crippen molar-refractivity contribution in [1.29, 1.82) is 0 Å². The van der Waals surface area contributed by atoms with Crippen LogP contribution in [-0.2, 0) is 92.6 Å². The fraction of sp³-hybridized carbons (Fsp3) is 0.460. The summed E-state index contributed by atoms with van der Waals surface area (Å²) >= 11 is 0. The lowest BCUT2D eigenvalue weighted by atomic mass is 9.72. The van der Waals surface area contributed by atoms with E-state index in [1.54, 1.807) is 74.6 Å². The lowest BCUT2D eigenvalue weighted by Gasteiger charge is -2.45. The molecule has 5 aliphatic rings. The van der Waals surface area contributed by atoms with Crippen molar-refractivity contribution >= 4 is 109 Å². The van der Waals surface area contributed by atoms with Gasteiger partial charge in [0.05, 0.1) is 42.1 Å². The Morgan fingerprint density at radius 1 is 0.724 bits per heavy atom. The second kappa shape index (κ2) is 41.6. The number of carbonyl (C=O) groups excluding carboxylic acids is 13. The number of nitrogens with two attached hydrogens (primary N) is 2. The monoisotopic (exact) mass is 1730 g/mol. The number of hydrogen-bond donors (Lipinski definition) is 16. The number of ether oxygens (including phenoxy) is 4. The number of hydrogen-bond acceptors (Lipinski definition) is 26. The number of H-pyrrole nitrogens is 1. The number of phenolic OH excluding ortho intramolecular Hbond substituents is 3. The lowest BCUT2D eigenvalue weighted by molar-refractivity contribution is -0.244. The van der Waals surface area contributed by atoms with Crippen LogP contribution in [0.4, 0.5) is 0 Å². The molecule has 6 aromatic rings. The average Bonchev–Trinajstić information content (AvgIpc) is 1.17. The van der Waals surface area contributed by atoms with E-state index in [0.717, 1.165) is 34.6 Å². The van der Waals surface area contributed by atoms with Crippen LogP contribution in [0.1, 0.15) is 158 Å². The average molecular weight is 1740 g/mol. The van der Waals surface area contributed by atoms with Gasteiger partial charge in [0.2, 0.25) is 64.7 Å². The summed E-state index contributed by atoms with van der Waals surface area (Å²) in [6.07, 6.45) is -0.315. The van der Waals surface area contributed by atoms with Crippen molar-refractivity contribution < 1.29 is 107 Å². The van der Waals surface area contributed by atoms with Crippen molar-refractivity contribution in [3.63, 3.8) is 0 Å². The molecule has 658 valence electrons. The summed E-state index contributed by atoms with van der Waals surface area (Å²) in [5.41, 5.74) is 9.20. The first kappa shape index (κ1) is 92.3. The number of Topliss-reactive ketones (excluding diaryl/α,β-unsaturated/α-hetero) is 1. The van der Waals surface area contributed by atoms with E-state index in [4.69, 9.17) is 30.4 Å². The van der Waals surface area contributed by atoms with E-state index in [1.807, 2.05) is 26.1 Å². The number of ketones is 3. The smallest absolute Gasteiger partial charge is 0.306 e. The van der Waals surface area contributed by atoms with Gasteiger partial charge in [-0.15, -0.1) is 0 Å². The zero-order chi connectivity index (χ0) is 88.7. The number of aromatic hydroxyl groups is 3. The first-order valence-corrected chi connectivity index (χ1v) is 43.5. The van der Waals surface area contributed by atoms with Gasteiger partial charge in [0.25, 0.3) is 0 Å². The third-order valence-electron chi connectivity index (χ3n) is 22.9. The molecule has 123 heavy (non-hydrogen) atoms. The van der Waals surface area contributed by atoms with Gasteiger partial charge in [-0.05, 0) is 106 Å². The number of aromatic nitrogens is 1. The molecule has 34 nitrogen and oxygen atoms in total. The molecule has 2 fully saturated rings. The molecule has 2 saturated heterocycles. The molecule has 2 aliphatic carbocycles. The van der Waals surface area contributed by atoms with Crippen LogP contribution in [0.15, 0.2) is 116 Å². The van der Waals surface area contributed by atoms with Crippen LogP contribution in [0.2, 0.25) is 0 Å². The van der Waals surface area contributed by atoms with Gasteiger partial charge in [-0.3, -0.25) is 62.3 Å². The molecular weight excluding hydrogens is 1630 g/mol. The van der Waals surface area contributed by atoms with E-state index in [-0.39, 0.29) is 96.5 Å². The molecule has 5 aromatic carbocycles. The number of rotatable bonds is 29. The molecule has 36 heteroatoms. The van der Waals surface area contributed by atoms with E-state index in [1.165, 1.54) is 56.5 Å². The maximum Gasteiger partial charge on any atom is 0.306 e. The number of amides is 9. The van der Waals surface area contributed by atoms with Crippen LogP contribution < -0.4 is 58.7 Å². The highest BCUT2D eigenvalue weighted by molar-refractivity contribution is 8.76. The van der Waals surface area contributed by atoms with Gasteiger partial charge >= 0.3 is 5.97 Å². The molecule has 0 unspecified atom stereocenters. The van der Waals surface area contributed by atoms with E-state index in [0.29, 0.717) is 40.4 Å². The Hall–Kier alpha value is -11.4. The minimum Gasteiger partial charge on any atom is -0.508 e. The maximum atomic E-state index is 15.4. The van der Waals surface area contributed by atoms with Crippen LogP contribution in [0.5, 0.6) is 23.0 Å². The number of methoxy groups -OCH3 is 1. The van der Waals surface area contributed by atoms with Crippen molar-refractivity contribution in [2.75, 3.05) is 38.3 Å². The van der Waals surface area contributed by atoms with E-state index >= 15 is 19.2 Å². The number of aliphatic hydroxyl groups is 2. The summed E-state index contributed by atoms with van der Waals surface area (Å²) in [6.45, 7) is 8.20. The number of phenols is 3. The highest BCUT2D eigenvalue weighted by Crippen LogP contribution is 2.53. The van der Waals surface area contributed by atoms with Crippen molar-refractivity contribution in [3.8, 4) is 23.0 Å². The summed E-state index contributed by atoms with van der Waals surface area (Å²) in [7, 11) is 3.08. The zero-order valence-electron chi connectivity index (χ0n) is 69.0. The highest BCUT2D eigenvalue weighted by Gasteiger charge is 2.52. The molecule has 15 atom stereocenters. The van der Waals surface area contributed by atoms with Crippen LogP contribution in [0, 0.1) is 11.8 Å². The first-order chi connectivity index (χ1) is 58.8. The number of para-hydroxylation sites is 1. The summed E-state index contributed by atoms with van der Waals surface area (Å²) in [5, 5.41) is 80.3. The largest absolute Gasteiger partial charge is 0.508 e. The first-order valence-electron chi connectivity index (χ1n) is 41.0. The second-order valence-electron chi connectivity index (χ2n) is 32.0.